The fourth-order valence-electron chi connectivity index (χ4n) is 3.98. The number of ether oxygens (including phenoxy) is 2. The summed E-state index contributed by atoms with van der Waals surface area (Å²) in [7, 11) is 2.87. The van der Waals surface area contributed by atoms with E-state index in [4.69, 9.17) is 25.5 Å². The van der Waals surface area contributed by atoms with Gasteiger partial charge in [-0.3, -0.25) is 14.5 Å². The number of rotatable bonds is 5. The molecule has 1 N–H and O–H groups in total. The zero-order valence-electron chi connectivity index (χ0n) is 18.5. The Labute approximate surface area is 195 Å². The van der Waals surface area contributed by atoms with E-state index in [0.29, 0.717) is 17.2 Å². The first kappa shape index (κ1) is 22.5. The summed E-state index contributed by atoms with van der Waals surface area (Å²) in [5, 5.41) is 11.5. The highest BCUT2D eigenvalue weighted by Gasteiger charge is 2.49. The summed E-state index contributed by atoms with van der Waals surface area (Å²) in [6, 6.07) is 10.7. The molecule has 2 aromatic carbocycles. The topological polar surface area (TPSA) is 89.2 Å². The van der Waals surface area contributed by atoms with Crippen LogP contribution in [0, 0.1) is 13.8 Å². The molecular formula is C25H22ClNO6. The van der Waals surface area contributed by atoms with E-state index in [1.54, 1.807) is 18.2 Å². The number of methoxy groups -OCH3 is 2. The maximum Gasteiger partial charge on any atom is 0.300 e. The minimum absolute atomic E-state index is 0.129. The van der Waals surface area contributed by atoms with Crippen molar-refractivity contribution in [3.8, 4) is 11.5 Å². The number of furan rings is 1. The van der Waals surface area contributed by atoms with Crippen LogP contribution in [-0.4, -0.2) is 31.0 Å². The number of anilines is 1. The number of aliphatic hydroxyl groups is 1. The molecule has 1 aliphatic heterocycles. The van der Waals surface area contributed by atoms with Crippen LogP contribution in [-0.2, 0) is 9.59 Å². The average Bonchev–Trinajstić information content (AvgIpc) is 3.42. The van der Waals surface area contributed by atoms with E-state index in [1.807, 2.05) is 26.0 Å². The second kappa shape index (κ2) is 8.67. The van der Waals surface area contributed by atoms with E-state index in [1.165, 1.54) is 37.5 Å². The molecule has 8 heteroatoms. The Balaban J connectivity index is 1.99. The zero-order valence-corrected chi connectivity index (χ0v) is 19.3. The Morgan fingerprint density at radius 2 is 1.79 bits per heavy atom. The van der Waals surface area contributed by atoms with E-state index in [9.17, 15) is 14.7 Å². The molecule has 0 bridgehead atoms. The molecule has 1 amide bonds. The van der Waals surface area contributed by atoms with Gasteiger partial charge in [0.25, 0.3) is 11.7 Å². The summed E-state index contributed by atoms with van der Waals surface area (Å²) >= 11 is 6.28. The Bertz CT molecular complexity index is 1280. The second-order valence-corrected chi connectivity index (χ2v) is 8.00. The quantitative estimate of drug-likeness (QED) is 0.315. The number of hydrogen-bond acceptors (Lipinski definition) is 6. The largest absolute Gasteiger partial charge is 0.507 e. The Morgan fingerprint density at radius 1 is 1.06 bits per heavy atom. The predicted molar refractivity (Wildman–Crippen MR) is 124 cm³/mol. The first-order valence-electron chi connectivity index (χ1n) is 10.1. The normalized spacial score (nSPS) is 17.5. The van der Waals surface area contributed by atoms with Gasteiger partial charge in [0.2, 0.25) is 0 Å². The molecular weight excluding hydrogens is 446 g/mol. The molecule has 1 unspecified atom stereocenters. The number of nitrogens with zero attached hydrogens (tertiary/aromatic N) is 1. The lowest BCUT2D eigenvalue weighted by molar-refractivity contribution is -0.132. The van der Waals surface area contributed by atoms with Crippen LogP contribution in [0.25, 0.3) is 5.76 Å². The number of aliphatic hydroxyl groups excluding tert-OH is 1. The lowest BCUT2D eigenvalue weighted by atomic mass is 9.98. The van der Waals surface area contributed by atoms with Crippen molar-refractivity contribution < 1.29 is 28.6 Å². The second-order valence-electron chi connectivity index (χ2n) is 7.59. The van der Waals surface area contributed by atoms with Crippen molar-refractivity contribution in [2.75, 3.05) is 19.1 Å². The molecule has 0 saturated carbocycles. The molecule has 0 spiro atoms. The van der Waals surface area contributed by atoms with Crippen molar-refractivity contribution in [3.63, 3.8) is 0 Å². The van der Waals surface area contributed by atoms with Crippen molar-refractivity contribution in [1.29, 1.82) is 0 Å². The highest BCUT2D eigenvalue weighted by atomic mass is 35.5. The van der Waals surface area contributed by atoms with Crippen LogP contribution in [0.5, 0.6) is 11.5 Å². The Morgan fingerprint density at radius 3 is 2.42 bits per heavy atom. The summed E-state index contributed by atoms with van der Waals surface area (Å²) in [6.07, 6.45) is 1.45. The van der Waals surface area contributed by atoms with Gasteiger partial charge in [-0.1, -0.05) is 23.7 Å². The fraction of sp³-hybridized carbons (Fsp3) is 0.200. The number of ketones is 1. The van der Waals surface area contributed by atoms with Crippen molar-refractivity contribution in [3.05, 3.63) is 81.8 Å². The Hall–Kier alpha value is -3.71. The van der Waals surface area contributed by atoms with Crippen LogP contribution < -0.4 is 14.4 Å². The average molecular weight is 468 g/mol. The summed E-state index contributed by atoms with van der Waals surface area (Å²) < 4.78 is 16.2. The number of benzene rings is 2. The van der Waals surface area contributed by atoms with Crippen LogP contribution in [0.3, 0.4) is 0 Å². The van der Waals surface area contributed by atoms with Gasteiger partial charge in [0.15, 0.2) is 0 Å². The molecule has 0 radical (unpaired) electrons. The molecule has 1 aromatic heterocycles. The maximum absolute atomic E-state index is 13.3. The van der Waals surface area contributed by atoms with Gasteiger partial charge in [-0.25, -0.2) is 0 Å². The van der Waals surface area contributed by atoms with Crippen molar-refractivity contribution in [2.24, 2.45) is 0 Å². The smallest absolute Gasteiger partial charge is 0.300 e. The van der Waals surface area contributed by atoms with E-state index in [-0.39, 0.29) is 21.9 Å². The summed E-state index contributed by atoms with van der Waals surface area (Å²) in [5.74, 6) is -1.15. The summed E-state index contributed by atoms with van der Waals surface area (Å²) in [6.45, 7) is 3.79. The molecule has 4 rings (SSSR count). The molecule has 3 aromatic rings. The van der Waals surface area contributed by atoms with Crippen LogP contribution in [0.4, 0.5) is 5.69 Å². The molecule has 1 aliphatic rings. The van der Waals surface area contributed by atoms with E-state index < -0.39 is 23.5 Å². The monoisotopic (exact) mass is 467 g/mol. The number of carbonyl (C=O) groups is 2. The number of hydrogen-bond donors (Lipinski definition) is 1. The number of amides is 1. The summed E-state index contributed by atoms with van der Waals surface area (Å²) in [5.41, 5.74) is 2.36. The molecule has 0 aliphatic carbocycles. The van der Waals surface area contributed by atoms with E-state index >= 15 is 0 Å². The van der Waals surface area contributed by atoms with Gasteiger partial charge in [-0.05, 0) is 49.2 Å². The SMILES string of the molecule is COc1cc(OC)c(/C(O)=C2/C(=O)C(=O)N(c3cccc(C)c3C)C2c2ccco2)cc1Cl. The van der Waals surface area contributed by atoms with Gasteiger partial charge < -0.3 is 19.0 Å². The Kier molecular flexibility index (Phi) is 5.91. The third-order valence-electron chi connectivity index (χ3n) is 5.82. The van der Waals surface area contributed by atoms with Gasteiger partial charge in [0, 0.05) is 11.8 Å². The van der Waals surface area contributed by atoms with Crippen molar-refractivity contribution >= 4 is 34.7 Å². The molecule has 1 fully saturated rings. The van der Waals surface area contributed by atoms with Gasteiger partial charge in [-0.2, -0.15) is 0 Å². The minimum atomic E-state index is -0.980. The summed E-state index contributed by atoms with van der Waals surface area (Å²) in [4.78, 5) is 27.9. The molecule has 170 valence electrons. The number of aryl methyl sites for hydroxylation is 1. The predicted octanol–water partition coefficient (Wildman–Crippen LogP) is 5.19. The van der Waals surface area contributed by atoms with Crippen molar-refractivity contribution in [1.82, 2.24) is 0 Å². The van der Waals surface area contributed by atoms with E-state index in [2.05, 4.69) is 0 Å². The molecule has 2 heterocycles. The molecule has 33 heavy (non-hydrogen) atoms. The van der Waals surface area contributed by atoms with Gasteiger partial charge in [-0.15, -0.1) is 0 Å². The number of Topliss-reactive ketones (excluding diaryl/α,β-unsaturated/α-hetero) is 1. The van der Waals surface area contributed by atoms with Gasteiger partial charge >= 0.3 is 0 Å². The van der Waals surface area contributed by atoms with Gasteiger partial charge in [0.1, 0.15) is 29.1 Å². The van der Waals surface area contributed by atoms with Crippen LogP contribution in [0.1, 0.15) is 28.5 Å². The standard InChI is InChI=1S/C25H22ClNO6/c1-13-7-5-8-17(14(13)2)27-22(18-9-6-10-33-18)21(24(29)25(27)30)23(28)15-11-16(26)20(32-4)12-19(15)31-3/h5-12,22,28H,1-4H3/b23-21-. The number of halogens is 1. The van der Waals surface area contributed by atoms with E-state index in [0.717, 1.165) is 11.1 Å². The van der Waals surface area contributed by atoms with Gasteiger partial charge in [0.05, 0.1) is 36.6 Å². The maximum atomic E-state index is 13.3. The highest BCUT2D eigenvalue weighted by molar-refractivity contribution is 6.51. The lowest BCUT2D eigenvalue weighted by Gasteiger charge is -2.25. The van der Waals surface area contributed by atoms with Crippen LogP contribution in [0.2, 0.25) is 5.02 Å². The number of carbonyl (C=O) groups excluding carboxylic acids is 2. The lowest BCUT2D eigenvalue weighted by Crippen LogP contribution is -2.30. The zero-order chi connectivity index (χ0) is 23.9. The third kappa shape index (κ3) is 3.64. The molecule has 7 nitrogen and oxygen atoms in total. The molecule has 1 atom stereocenters. The minimum Gasteiger partial charge on any atom is -0.507 e. The highest BCUT2D eigenvalue weighted by Crippen LogP contribution is 2.45. The fourth-order valence-corrected chi connectivity index (χ4v) is 4.22. The third-order valence-corrected chi connectivity index (χ3v) is 6.12. The van der Waals surface area contributed by atoms with Crippen LogP contribution >= 0.6 is 11.6 Å². The first-order chi connectivity index (χ1) is 15.8. The van der Waals surface area contributed by atoms with Crippen molar-refractivity contribution in [2.45, 2.75) is 19.9 Å². The molecule has 1 saturated heterocycles. The first-order valence-corrected chi connectivity index (χ1v) is 10.5. The van der Waals surface area contributed by atoms with Crippen LogP contribution in [0.15, 0.2) is 58.7 Å².